The Kier molecular flexibility index (Phi) is 4.65. The summed E-state index contributed by atoms with van der Waals surface area (Å²) in [4.78, 5) is 11.9. The summed E-state index contributed by atoms with van der Waals surface area (Å²) >= 11 is 0. The number of hydrogen-bond acceptors (Lipinski definition) is 2. The number of halogens is 2. The minimum atomic E-state index is -0.889. The van der Waals surface area contributed by atoms with Gasteiger partial charge in [-0.25, -0.2) is 8.78 Å². The van der Waals surface area contributed by atoms with Gasteiger partial charge in [0.15, 0.2) is 0 Å². The third-order valence-corrected chi connectivity index (χ3v) is 3.12. The molecule has 1 amide bonds. The molecule has 2 aromatic carbocycles. The highest BCUT2D eigenvalue weighted by Gasteiger charge is 2.14. The largest absolute Gasteiger partial charge is 0.392 e. The summed E-state index contributed by atoms with van der Waals surface area (Å²) < 4.78 is 26.8. The first kappa shape index (κ1) is 15.1. The summed E-state index contributed by atoms with van der Waals surface area (Å²) in [5.74, 6) is -2.18. The Labute approximate surface area is 121 Å². The zero-order valence-electron chi connectivity index (χ0n) is 11.5. The van der Waals surface area contributed by atoms with Crippen LogP contribution >= 0.6 is 0 Å². The zero-order chi connectivity index (χ0) is 15.4. The zero-order valence-corrected chi connectivity index (χ0v) is 11.5. The SMILES string of the molecule is Cc1cc(C(=O)NCc2cccc(CO)c2)c(F)cc1F. The van der Waals surface area contributed by atoms with Gasteiger partial charge in [-0.1, -0.05) is 24.3 Å². The molecular weight excluding hydrogens is 276 g/mol. The molecule has 0 aromatic heterocycles. The molecule has 0 aliphatic heterocycles. The van der Waals surface area contributed by atoms with Crippen molar-refractivity contribution in [1.82, 2.24) is 5.32 Å². The van der Waals surface area contributed by atoms with Crippen LogP contribution in [0.5, 0.6) is 0 Å². The van der Waals surface area contributed by atoms with Crippen molar-refractivity contribution in [1.29, 1.82) is 0 Å². The van der Waals surface area contributed by atoms with E-state index in [0.29, 0.717) is 6.07 Å². The van der Waals surface area contributed by atoms with Crippen LogP contribution in [0.2, 0.25) is 0 Å². The Balaban J connectivity index is 2.10. The van der Waals surface area contributed by atoms with E-state index in [0.717, 1.165) is 11.1 Å². The summed E-state index contributed by atoms with van der Waals surface area (Å²) in [6, 6.07) is 8.93. The van der Waals surface area contributed by atoms with E-state index in [1.54, 1.807) is 24.3 Å². The average molecular weight is 291 g/mol. The summed E-state index contributed by atoms with van der Waals surface area (Å²) in [5, 5.41) is 11.6. The molecule has 0 fully saturated rings. The minimum absolute atomic E-state index is 0.0897. The fourth-order valence-electron chi connectivity index (χ4n) is 1.95. The first-order valence-electron chi connectivity index (χ1n) is 6.44. The van der Waals surface area contributed by atoms with Crippen LogP contribution in [0, 0.1) is 18.6 Å². The van der Waals surface area contributed by atoms with E-state index in [-0.39, 0.29) is 24.3 Å². The first-order chi connectivity index (χ1) is 10.0. The van der Waals surface area contributed by atoms with Crippen molar-refractivity contribution in [3.05, 3.63) is 70.3 Å². The van der Waals surface area contributed by atoms with Crippen LogP contribution in [-0.4, -0.2) is 11.0 Å². The molecule has 5 heteroatoms. The van der Waals surface area contributed by atoms with Gasteiger partial charge in [0, 0.05) is 12.6 Å². The molecule has 0 atom stereocenters. The third-order valence-electron chi connectivity index (χ3n) is 3.12. The van der Waals surface area contributed by atoms with E-state index in [2.05, 4.69) is 5.32 Å². The predicted octanol–water partition coefficient (Wildman–Crippen LogP) is 2.70. The van der Waals surface area contributed by atoms with E-state index in [4.69, 9.17) is 5.11 Å². The van der Waals surface area contributed by atoms with E-state index < -0.39 is 17.5 Å². The van der Waals surface area contributed by atoms with Crippen LogP contribution < -0.4 is 5.32 Å². The van der Waals surface area contributed by atoms with Gasteiger partial charge >= 0.3 is 0 Å². The van der Waals surface area contributed by atoms with Gasteiger partial charge in [0.05, 0.1) is 12.2 Å². The number of benzene rings is 2. The van der Waals surface area contributed by atoms with E-state index in [1.807, 2.05) is 0 Å². The molecule has 110 valence electrons. The van der Waals surface area contributed by atoms with E-state index >= 15 is 0 Å². The second kappa shape index (κ2) is 6.45. The highest BCUT2D eigenvalue weighted by Crippen LogP contribution is 2.14. The lowest BCUT2D eigenvalue weighted by molar-refractivity contribution is 0.0946. The Morgan fingerprint density at radius 1 is 1.14 bits per heavy atom. The number of carbonyl (C=O) groups excluding carboxylic acids is 1. The molecule has 2 rings (SSSR count). The van der Waals surface area contributed by atoms with Crippen molar-refractivity contribution in [3.8, 4) is 0 Å². The maximum absolute atomic E-state index is 13.6. The molecule has 0 unspecified atom stereocenters. The van der Waals surface area contributed by atoms with Crippen LogP contribution in [0.4, 0.5) is 8.78 Å². The number of amides is 1. The first-order valence-corrected chi connectivity index (χ1v) is 6.44. The molecule has 0 saturated carbocycles. The number of carbonyl (C=O) groups is 1. The second-order valence-electron chi connectivity index (χ2n) is 4.74. The van der Waals surface area contributed by atoms with Crippen LogP contribution in [0.15, 0.2) is 36.4 Å². The lowest BCUT2D eigenvalue weighted by atomic mass is 10.1. The van der Waals surface area contributed by atoms with Crippen molar-refractivity contribution >= 4 is 5.91 Å². The Hall–Kier alpha value is -2.27. The number of aliphatic hydroxyl groups is 1. The van der Waals surface area contributed by atoms with Crippen molar-refractivity contribution in [2.24, 2.45) is 0 Å². The molecule has 2 N–H and O–H groups in total. The van der Waals surface area contributed by atoms with Gasteiger partial charge in [-0.05, 0) is 29.7 Å². The monoisotopic (exact) mass is 291 g/mol. The molecule has 0 bridgehead atoms. The number of aliphatic hydroxyl groups excluding tert-OH is 1. The number of nitrogens with one attached hydrogen (secondary N) is 1. The summed E-state index contributed by atoms with van der Waals surface area (Å²) in [7, 11) is 0. The van der Waals surface area contributed by atoms with Crippen LogP contribution in [-0.2, 0) is 13.2 Å². The van der Waals surface area contributed by atoms with Crippen molar-refractivity contribution in [3.63, 3.8) is 0 Å². The van der Waals surface area contributed by atoms with Crippen molar-refractivity contribution in [2.75, 3.05) is 0 Å². The third kappa shape index (κ3) is 3.64. The standard InChI is InChI=1S/C16H15F2NO2/c1-10-5-13(15(18)7-14(10)17)16(21)19-8-11-3-2-4-12(6-11)9-20/h2-7,20H,8-9H2,1H3,(H,19,21). The number of rotatable bonds is 4. The van der Waals surface area contributed by atoms with E-state index in [9.17, 15) is 13.6 Å². The van der Waals surface area contributed by atoms with Gasteiger partial charge in [0.1, 0.15) is 11.6 Å². The predicted molar refractivity (Wildman–Crippen MR) is 74.6 cm³/mol. The molecule has 2 aromatic rings. The molecule has 0 aliphatic carbocycles. The summed E-state index contributed by atoms with van der Waals surface area (Å²) in [6.07, 6.45) is 0. The minimum Gasteiger partial charge on any atom is -0.392 e. The fourth-order valence-corrected chi connectivity index (χ4v) is 1.95. The molecule has 21 heavy (non-hydrogen) atoms. The van der Waals surface area contributed by atoms with Gasteiger partial charge in [0.25, 0.3) is 5.91 Å². The topological polar surface area (TPSA) is 49.3 Å². The summed E-state index contributed by atoms with van der Waals surface area (Å²) in [6.45, 7) is 1.58. The fraction of sp³-hybridized carbons (Fsp3) is 0.188. The normalized spacial score (nSPS) is 10.5. The summed E-state index contributed by atoms with van der Waals surface area (Å²) in [5.41, 5.74) is 1.54. The van der Waals surface area contributed by atoms with Crippen LogP contribution in [0.1, 0.15) is 27.0 Å². The highest BCUT2D eigenvalue weighted by molar-refractivity contribution is 5.94. The average Bonchev–Trinajstić information content (AvgIpc) is 2.48. The van der Waals surface area contributed by atoms with Gasteiger partial charge in [-0.2, -0.15) is 0 Å². The Morgan fingerprint density at radius 3 is 2.57 bits per heavy atom. The van der Waals surface area contributed by atoms with Gasteiger partial charge < -0.3 is 10.4 Å². The Bertz CT molecular complexity index is 671. The van der Waals surface area contributed by atoms with Gasteiger partial charge in [-0.3, -0.25) is 4.79 Å². The van der Waals surface area contributed by atoms with Crippen molar-refractivity contribution in [2.45, 2.75) is 20.1 Å². The lowest BCUT2D eigenvalue weighted by Gasteiger charge is -2.08. The van der Waals surface area contributed by atoms with E-state index in [1.165, 1.54) is 13.0 Å². The van der Waals surface area contributed by atoms with Crippen LogP contribution in [0.3, 0.4) is 0 Å². The smallest absolute Gasteiger partial charge is 0.254 e. The second-order valence-corrected chi connectivity index (χ2v) is 4.74. The molecule has 3 nitrogen and oxygen atoms in total. The molecule has 0 radical (unpaired) electrons. The lowest BCUT2D eigenvalue weighted by Crippen LogP contribution is -2.24. The number of hydrogen-bond donors (Lipinski definition) is 2. The molecule has 0 spiro atoms. The van der Waals surface area contributed by atoms with Crippen LogP contribution in [0.25, 0.3) is 0 Å². The molecule has 0 saturated heterocycles. The van der Waals surface area contributed by atoms with Gasteiger partial charge in [-0.15, -0.1) is 0 Å². The van der Waals surface area contributed by atoms with Gasteiger partial charge in [0.2, 0.25) is 0 Å². The molecule has 0 aliphatic rings. The maximum atomic E-state index is 13.6. The Morgan fingerprint density at radius 2 is 1.86 bits per heavy atom. The molecular formula is C16H15F2NO2. The molecule has 0 heterocycles. The quantitative estimate of drug-likeness (QED) is 0.910. The maximum Gasteiger partial charge on any atom is 0.254 e. The van der Waals surface area contributed by atoms with Crippen molar-refractivity contribution < 1.29 is 18.7 Å². The number of aryl methyl sites for hydroxylation is 1. The highest BCUT2D eigenvalue weighted by atomic mass is 19.1.